The first-order valence-electron chi connectivity index (χ1n) is 12.4. The molecular weight excluding hydrogens is 544 g/mol. The third kappa shape index (κ3) is 7.27. The molecule has 2 N–H and O–H groups in total. The number of carboxylic acids is 1. The third-order valence-corrected chi connectivity index (χ3v) is 7.69. The fourth-order valence-corrected chi connectivity index (χ4v) is 5.51. The smallest absolute Gasteiger partial charge is 0.344 e. The molecule has 0 saturated carbocycles. The molecule has 2 unspecified atom stereocenters. The number of aliphatic imine (C=N–C) groups is 1. The summed E-state index contributed by atoms with van der Waals surface area (Å²) in [4.78, 5) is 53.2. The van der Waals surface area contributed by atoms with Gasteiger partial charge in [-0.2, -0.15) is 0 Å². The number of urea groups is 1. The van der Waals surface area contributed by atoms with Crippen LogP contribution in [0.3, 0.4) is 0 Å². The highest BCUT2D eigenvalue weighted by Gasteiger charge is 2.43. The van der Waals surface area contributed by atoms with Gasteiger partial charge in [0.05, 0.1) is 27.5 Å². The Labute approximate surface area is 230 Å². The van der Waals surface area contributed by atoms with Gasteiger partial charge in [-0.05, 0) is 57.5 Å². The zero-order chi connectivity index (χ0) is 29.6. The molecule has 40 heavy (non-hydrogen) atoms. The molecule has 0 saturated heterocycles. The number of nitro benzene ring substituents is 1. The number of hydrogen-bond donors (Lipinski definition) is 2. The molecule has 0 bridgehead atoms. The van der Waals surface area contributed by atoms with Crippen molar-refractivity contribution in [2.45, 2.75) is 44.2 Å². The molecule has 13 nitrogen and oxygen atoms in total. The number of carbonyl (C=O) groups is 3. The van der Waals surface area contributed by atoms with Gasteiger partial charge in [0.25, 0.3) is 5.69 Å². The van der Waals surface area contributed by atoms with E-state index in [-0.39, 0.29) is 41.4 Å². The van der Waals surface area contributed by atoms with Crippen LogP contribution in [0.5, 0.6) is 0 Å². The highest BCUT2D eigenvalue weighted by atomic mass is 32.2. The van der Waals surface area contributed by atoms with Gasteiger partial charge in [-0.1, -0.05) is 18.2 Å². The molecule has 0 aliphatic carbocycles. The predicted molar refractivity (Wildman–Crippen MR) is 144 cm³/mol. The Bertz CT molecular complexity index is 1440. The number of hydrogen-bond acceptors (Lipinski definition) is 9. The van der Waals surface area contributed by atoms with Crippen molar-refractivity contribution in [2.24, 2.45) is 10.9 Å². The lowest BCUT2D eigenvalue weighted by Crippen LogP contribution is -2.48. The number of sulfone groups is 1. The number of ether oxygens (including phenoxy) is 1. The number of non-ortho nitro benzene ring substituents is 1. The van der Waals surface area contributed by atoms with Crippen LogP contribution in [0.4, 0.5) is 10.5 Å². The summed E-state index contributed by atoms with van der Waals surface area (Å²) in [6, 6.07) is 9.09. The lowest BCUT2D eigenvalue weighted by atomic mass is 9.86. The maximum absolute atomic E-state index is 13.1. The first-order chi connectivity index (χ1) is 18.8. The second-order valence-electron chi connectivity index (χ2n) is 9.44. The van der Waals surface area contributed by atoms with E-state index < -0.39 is 56.7 Å². The summed E-state index contributed by atoms with van der Waals surface area (Å²) in [5.74, 6) is -3.35. The van der Waals surface area contributed by atoms with Crippen molar-refractivity contribution in [3.8, 4) is 0 Å². The highest BCUT2D eigenvalue weighted by molar-refractivity contribution is 7.91. The number of aromatic carboxylic acids is 1. The summed E-state index contributed by atoms with van der Waals surface area (Å²) < 4.78 is 30.7. The molecule has 1 heterocycles. The van der Waals surface area contributed by atoms with Gasteiger partial charge in [0, 0.05) is 24.4 Å². The number of benzene rings is 2. The maximum Gasteiger partial charge on any atom is 0.344 e. The second kappa shape index (κ2) is 12.8. The van der Waals surface area contributed by atoms with E-state index in [1.54, 1.807) is 19.9 Å². The van der Waals surface area contributed by atoms with Gasteiger partial charge in [0.15, 0.2) is 9.84 Å². The van der Waals surface area contributed by atoms with Gasteiger partial charge in [-0.15, -0.1) is 0 Å². The Morgan fingerprint density at radius 1 is 1.20 bits per heavy atom. The molecule has 2 aromatic rings. The molecular formula is C26H30N4O9S. The molecule has 214 valence electrons. The van der Waals surface area contributed by atoms with Crippen LogP contribution < -0.4 is 5.32 Å². The van der Waals surface area contributed by atoms with Gasteiger partial charge < -0.3 is 20.1 Å². The van der Waals surface area contributed by atoms with Crippen LogP contribution in [-0.2, 0) is 19.4 Å². The molecule has 1 aliphatic rings. The van der Waals surface area contributed by atoms with Crippen LogP contribution in [0.2, 0.25) is 0 Å². The number of carbonyl (C=O) groups excluding carboxylic acids is 2. The standard InChI is InChI=1S/C26H30N4O9S/c1-16(2)39-25(33)22-17(3)28-26(34)29(23(22)18-7-4-9-20(13-18)30(35)36)12-6-11-27-15-40(37,38)21-10-5-8-19(14-21)24(31)32/h4-5,7-10,13-14,16,22-23,27H,6,11-12,15H2,1-3H3,(H,31,32). The number of amides is 2. The van der Waals surface area contributed by atoms with E-state index in [2.05, 4.69) is 10.3 Å². The van der Waals surface area contributed by atoms with Gasteiger partial charge >= 0.3 is 18.0 Å². The van der Waals surface area contributed by atoms with Crippen LogP contribution >= 0.6 is 0 Å². The summed E-state index contributed by atoms with van der Waals surface area (Å²) in [7, 11) is -3.84. The SMILES string of the molecule is CC1=NC(=O)N(CCCNCS(=O)(=O)c2cccc(C(=O)O)c2)C(c2cccc([N+](=O)[O-])c2)C1C(=O)OC(C)C. The average Bonchev–Trinajstić information content (AvgIpc) is 2.88. The molecule has 1 aliphatic heterocycles. The largest absolute Gasteiger partial charge is 0.478 e. The van der Waals surface area contributed by atoms with Crippen LogP contribution in [0, 0.1) is 16.0 Å². The number of nitrogens with zero attached hydrogens (tertiary/aromatic N) is 3. The molecule has 2 aromatic carbocycles. The minimum atomic E-state index is -3.84. The Morgan fingerprint density at radius 2 is 1.90 bits per heavy atom. The Morgan fingerprint density at radius 3 is 2.55 bits per heavy atom. The summed E-state index contributed by atoms with van der Waals surface area (Å²) in [6.07, 6.45) is -0.193. The van der Waals surface area contributed by atoms with E-state index in [0.29, 0.717) is 5.56 Å². The molecule has 2 atom stereocenters. The van der Waals surface area contributed by atoms with Crippen LogP contribution in [-0.4, -0.2) is 72.1 Å². The summed E-state index contributed by atoms with van der Waals surface area (Å²) in [6.45, 7) is 5.08. The fraction of sp³-hybridized carbons (Fsp3) is 0.385. The Balaban J connectivity index is 1.78. The summed E-state index contributed by atoms with van der Waals surface area (Å²) in [5.41, 5.74) is 0.214. The van der Waals surface area contributed by atoms with Crippen LogP contribution in [0.15, 0.2) is 58.4 Å². The average molecular weight is 575 g/mol. The zero-order valence-electron chi connectivity index (χ0n) is 22.1. The first-order valence-corrected chi connectivity index (χ1v) is 14.0. The zero-order valence-corrected chi connectivity index (χ0v) is 23.0. The molecule has 3 rings (SSSR count). The third-order valence-electron chi connectivity index (χ3n) is 6.13. The van der Waals surface area contributed by atoms with Gasteiger partial charge in [0.1, 0.15) is 11.8 Å². The molecule has 2 amide bonds. The molecule has 0 spiro atoms. The monoisotopic (exact) mass is 574 g/mol. The molecule has 14 heteroatoms. The normalized spacial score (nSPS) is 17.4. The van der Waals surface area contributed by atoms with Gasteiger partial charge in [0.2, 0.25) is 0 Å². The Hall–Kier alpha value is -4.17. The maximum atomic E-state index is 13.1. The van der Waals surface area contributed by atoms with E-state index in [1.165, 1.54) is 48.2 Å². The lowest BCUT2D eigenvalue weighted by molar-refractivity contribution is -0.385. The van der Waals surface area contributed by atoms with E-state index in [1.807, 2.05) is 0 Å². The van der Waals surface area contributed by atoms with Gasteiger partial charge in [-0.3, -0.25) is 14.9 Å². The fourth-order valence-electron chi connectivity index (χ4n) is 4.33. The lowest BCUT2D eigenvalue weighted by Gasteiger charge is -2.38. The van der Waals surface area contributed by atoms with Crippen molar-refractivity contribution in [1.82, 2.24) is 10.2 Å². The van der Waals surface area contributed by atoms with Crippen molar-refractivity contribution in [3.05, 3.63) is 69.8 Å². The van der Waals surface area contributed by atoms with Gasteiger partial charge in [-0.25, -0.2) is 23.0 Å². The summed E-state index contributed by atoms with van der Waals surface area (Å²) >= 11 is 0. The number of rotatable bonds is 12. The van der Waals surface area contributed by atoms with Crippen molar-refractivity contribution >= 4 is 39.2 Å². The van der Waals surface area contributed by atoms with Crippen molar-refractivity contribution in [1.29, 1.82) is 0 Å². The number of carboxylic acid groups (broad SMARTS) is 1. The Kier molecular flexibility index (Phi) is 9.71. The number of nitrogens with one attached hydrogen (secondary N) is 1. The number of nitro groups is 1. The first kappa shape index (κ1) is 30.4. The van der Waals surface area contributed by atoms with E-state index in [4.69, 9.17) is 9.84 Å². The van der Waals surface area contributed by atoms with Crippen molar-refractivity contribution in [3.63, 3.8) is 0 Å². The van der Waals surface area contributed by atoms with Crippen LogP contribution in [0.1, 0.15) is 49.2 Å². The van der Waals surface area contributed by atoms with Crippen molar-refractivity contribution < 1.29 is 37.6 Å². The minimum Gasteiger partial charge on any atom is -0.478 e. The van der Waals surface area contributed by atoms with E-state index >= 15 is 0 Å². The second-order valence-corrected chi connectivity index (χ2v) is 11.4. The molecule has 0 aromatic heterocycles. The van der Waals surface area contributed by atoms with E-state index in [9.17, 15) is 32.9 Å². The molecule has 0 fully saturated rings. The number of esters is 1. The predicted octanol–water partition coefficient (Wildman–Crippen LogP) is 3.21. The quantitative estimate of drug-likeness (QED) is 0.165. The summed E-state index contributed by atoms with van der Waals surface area (Å²) in [5, 5.41) is 23.3. The van der Waals surface area contributed by atoms with Crippen molar-refractivity contribution in [2.75, 3.05) is 19.0 Å². The minimum absolute atomic E-state index is 0.0516. The molecule has 0 radical (unpaired) electrons. The van der Waals surface area contributed by atoms with E-state index in [0.717, 1.165) is 6.07 Å². The van der Waals surface area contributed by atoms with Crippen LogP contribution in [0.25, 0.3) is 0 Å². The highest BCUT2D eigenvalue weighted by Crippen LogP contribution is 2.36. The topological polar surface area (TPSA) is 186 Å².